The van der Waals surface area contributed by atoms with E-state index in [-0.39, 0.29) is 10.6 Å². The van der Waals surface area contributed by atoms with Gasteiger partial charge in [0.1, 0.15) is 5.69 Å². The third-order valence-electron chi connectivity index (χ3n) is 3.52. The fourth-order valence-electron chi connectivity index (χ4n) is 2.14. The predicted molar refractivity (Wildman–Crippen MR) is 82.7 cm³/mol. The summed E-state index contributed by atoms with van der Waals surface area (Å²) in [6.07, 6.45) is 2.71. The maximum Gasteiger partial charge on any atom is 0.292 e. The number of nitro benzene ring substituents is 1. The van der Waals surface area contributed by atoms with E-state index in [4.69, 9.17) is 0 Å². The van der Waals surface area contributed by atoms with E-state index in [1.807, 2.05) is 31.4 Å². The first-order valence-corrected chi connectivity index (χ1v) is 7.02. The summed E-state index contributed by atoms with van der Waals surface area (Å²) in [5.41, 5.74) is 3.82. The average molecular weight is 288 g/mol. The van der Waals surface area contributed by atoms with Crippen LogP contribution >= 0.6 is 0 Å². The highest BCUT2D eigenvalue weighted by Gasteiger charge is 2.14. The second kappa shape index (κ2) is 6.39. The number of benzene rings is 1. The number of aryl methyl sites for hydroxylation is 1. The SMILES string of the molecule is CCCNc1cc(Cn2cnc(C)c2C)ccc1[N+](=O)[O-]. The van der Waals surface area contributed by atoms with Crippen molar-refractivity contribution >= 4 is 11.4 Å². The zero-order valence-electron chi connectivity index (χ0n) is 12.6. The minimum Gasteiger partial charge on any atom is -0.379 e. The second-order valence-electron chi connectivity index (χ2n) is 5.08. The first-order valence-electron chi connectivity index (χ1n) is 7.02. The van der Waals surface area contributed by atoms with Crippen LogP contribution in [0, 0.1) is 24.0 Å². The topological polar surface area (TPSA) is 73.0 Å². The lowest BCUT2D eigenvalue weighted by Crippen LogP contribution is -2.06. The van der Waals surface area contributed by atoms with Gasteiger partial charge in [-0.3, -0.25) is 10.1 Å². The van der Waals surface area contributed by atoms with Gasteiger partial charge in [0.15, 0.2) is 0 Å². The fraction of sp³-hybridized carbons (Fsp3) is 0.400. The molecular formula is C15H20N4O2. The Bertz CT molecular complexity index is 649. The van der Waals surface area contributed by atoms with Crippen molar-refractivity contribution in [2.45, 2.75) is 33.7 Å². The molecule has 0 aliphatic carbocycles. The van der Waals surface area contributed by atoms with Crippen molar-refractivity contribution in [3.05, 3.63) is 51.6 Å². The number of hydrogen-bond acceptors (Lipinski definition) is 4. The van der Waals surface area contributed by atoms with Gasteiger partial charge in [-0.25, -0.2) is 4.98 Å². The van der Waals surface area contributed by atoms with Gasteiger partial charge in [-0.15, -0.1) is 0 Å². The van der Waals surface area contributed by atoms with E-state index >= 15 is 0 Å². The third kappa shape index (κ3) is 3.39. The van der Waals surface area contributed by atoms with Crippen LogP contribution in [0.5, 0.6) is 0 Å². The normalized spacial score (nSPS) is 10.6. The first-order chi connectivity index (χ1) is 10.0. The minimum absolute atomic E-state index is 0.116. The molecule has 0 bridgehead atoms. The van der Waals surface area contributed by atoms with Gasteiger partial charge in [0.2, 0.25) is 0 Å². The number of nitro groups is 1. The summed E-state index contributed by atoms with van der Waals surface area (Å²) in [6.45, 7) is 7.39. The zero-order valence-corrected chi connectivity index (χ0v) is 12.6. The van der Waals surface area contributed by atoms with Crippen LogP contribution in [-0.2, 0) is 6.54 Å². The van der Waals surface area contributed by atoms with E-state index < -0.39 is 0 Å². The van der Waals surface area contributed by atoms with Crippen molar-refractivity contribution in [1.82, 2.24) is 9.55 Å². The lowest BCUT2D eigenvalue weighted by atomic mass is 10.1. The van der Waals surface area contributed by atoms with Gasteiger partial charge in [-0.1, -0.05) is 13.0 Å². The Labute approximate surface area is 124 Å². The van der Waals surface area contributed by atoms with Gasteiger partial charge in [-0.2, -0.15) is 0 Å². The van der Waals surface area contributed by atoms with Gasteiger partial charge in [-0.05, 0) is 31.9 Å². The first kappa shape index (κ1) is 15.0. The highest BCUT2D eigenvalue weighted by molar-refractivity contribution is 5.62. The summed E-state index contributed by atoms with van der Waals surface area (Å²) in [5, 5.41) is 14.2. The fourth-order valence-corrected chi connectivity index (χ4v) is 2.14. The van der Waals surface area contributed by atoms with Gasteiger partial charge in [0, 0.05) is 24.8 Å². The molecule has 1 N–H and O–H groups in total. The monoisotopic (exact) mass is 288 g/mol. The molecule has 1 aromatic carbocycles. The number of nitrogens with one attached hydrogen (secondary N) is 1. The molecule has 0 spiro atoms. The Morgan fingerprint density at radius 1 is 1.38 bits per heavy atom. The molecule has 0 amide bonds. The van der Waals surface area contributed by atoms with Crippen LogP contribution in [0.1, 0.15) is 30.3 Å². The summed E-state index contributed by atoms with van der Waals surface area (Å²) >= 11 is 0. The lowest BCUT2D eigenvalue weighted by Gasteiger charge is -2.10. The Morgan fingerprint density at radius 3 is 2.71 bits per heavy atom. The van der Waals surface area contributed by atoms with Crippen molar-refractivity contribution in [3.8, 4) is 0 Å². The molecule has 21 heavy (non-hydrogen) atoms. The molecule has 1 aromatic heterocycles. The van der Waals surface area contributed by atoms with Crippen molar-refractivity contribution in [2.24, 2.45) is 0 Å². The van der Waals surface area contributed by atoms with E-state index in [0.717, 1.165) is 23.4 Å². The van der Waals surface area contributed by atoms with Crippen LogP contribution in [0.3, 0.4) is 0 Å². The van der Waals surface area contributed by atoms with Crippen molar-refractivity contribution in [1.29, 1.82) is 0 Å². The largest absolute Gasteiger partial charge is 0.379 e. The van der Waals surface area contributed by atoms with Crippen LogP contribution in [-0.4, -0.2) is 21.0 Å². The molecule has 1 heterocycles. The second-order valence-corrected chi connectivity index (χ2v) is 5.08. The molecule has 2 rings (SSSR count). The standard InChI is InChI=1S/C15H20N4O2/c1-4-7-16-14-8-13(5-6-15(14)19(20)21)9-18-10-17-11(2)12(18)3/h5-6,8,10,16H,4,7,9H2,1-3H3. The predicted octanol–water partition coefficient (Wildman–Crippen LogP) is 3.28. The van der Waals surface area contributed by atoms with Crippen LogP contribution in [0.25, 0.3) is 0 Å². The number of rotatable bonds is 6. The number of nitrogens with zero attached hydrogens (tertiary/aromatic N) is 3. The molecule has 112 valence electrons. The zero-order chi connectivity index (χ0) is 15.4. The molecule has 0 saturated carbocycles. The molecule has 6 heteroatoms. The maximum atomic E-state index is 11.1. The summed E-state index contributed by atoms with van der Waals surface area (Å²) in [4.78, 5) is 15.0. The number of hydrogen-bond donors (Lipinski definition) is 1. The van der Waals surface area contributed by atoms with Gasteiger partial charge in [0.05, 0.1) is 16.9 Å². The molecule has 0 atom stereocenters. The lowest BCUT2D eigenvalue weighted by molar-refractivity contribution is -0.384. The van der Waals surface area contributed by atoms with E-state index in [0.29, 0.717) is 18.8 Å². The van der Waals surface area contributed by atoms with Gasteiger partial charge >= 0.3 is 0 Å². The molecule has 2 aromatic rings. The molecule has 0 radical (unpaired) electrons. The molecule has 0 aliphatic heterocycles. The average Bonchev–Trinajstić information content (AvgIpc) is 2.77. The van der Waals surface area contributed by atoms with Crippen LogP contribution in [0.15, 0.2) is 24.5 Å². The Morgan fingerprint density at radius 2 is 2.14 bits per heavy atom. The summed E-state index contributed by atoms with van der Waals surface area (Å²) in [6, 6.07) is 5.21. The molecule has 0 aliphatic rings. The highest BCUT2D eigenvalue weighted by Crippen LogP contribution is 2.26. The Kier molecular flexibility index (Phi) is 4.57. The van der Waals surface area contributed by atoms with Gasteiger partial charge in [0.25, 0.3) is 5.69 Å². The summed E-state index contributed by atoms with van der Waals surface area (Å²) < 4.78 is 2.04. The van der Waals surface area contributed by atoms with Gasteiger partial charge < -0.3 is 9.88 Å². The van der Waals surface area contributed by atoms with Crippen LogP contribution in [0.2, 0.25) is 0 Å². The van der Waals surface area contributed by atoms with Crippen molar-refractivity contribution in [3.63, 3.8) is 0 Å². The highest BCUT2D eigenvalue weighted by atomic mass is 16.6. The van der Waals surface area contributed by atoms with Crippen LogP contribution in [0.4, 0.5) is 11.4 Å². The van der Waals surface area contributed by atoms with Crippen molar-refractivity contribution < 1.29 is 4.92 Å². The van der Waals surface area contributed by atoms with E-state index in [1.54, 1.807) is 18.5 Å². The van der Waals surface area contributed by atoms with Crippen molar-refractivity contribution in [2.75, 3.05) is 11.9 Å². The summed E-state index contributed by atoms with van der Waals surface area (Å²) in [5.74, 6) is 0. The Balaban J connectivity index is 2.28. The Hall–Kier alpha value is -2.37. The smallest absolute Gasteiger partial charge is 0.292 e. The van der Waals surface area contributed by atoms with E-state index in [1.165, 1.54) is 0 Å². The van der Waals surface area contributed by atoms with Crippen LogP contribution < -0.4 is 5.32 Å². The molecule has 0 saturated heterocycles. The van der Waals surface area contributed by atoms with E-state index in [9.17, 15) is 10.1 Å². The quantitative estimate of drug-likeness (QED) is 0.654. The minimum atomic E-state index is -0.353. The third-order valence-corrected chi connectivity index (χ3v) is 3.52. The molecule has 0 fully saturated rings. The maximum absolute atomic E-state index is 11.1. The molecule has 6 nitrogen and oxygen atoms in total. The molecular weight excluding hydrogens is 268 g/mol. The number of anilines is 1. The summed E-state index contributed by atoms with van der Waals surface area (Å²) in [7, 11) is 0. The molecule has 0 unspecified atom stereocenters. The van der Waals surface area contributed by atoms with E-state index in [2.05, 4.69) is 10.3 Å². The number of aromatic nitrogens is 2. The number of imidazole rings is 1.